The molecule has 0 heterocycles. The van der Waals surface area contributed by atoms with Gasteiger partial charge in [-0.2, -0.15) is 0 Å². The highest BCUT2D eigenvalue weighted by molar-refractivity contribution is 5.76. The number of benzene rings is 1. The molecule has 0 radical (unpaired) electrons. The zero-order valence-electron chi connectivity index (χ0n) is 11.2. The molecule has 0 unspecified atom stereocenters. The molecule has 0 saturated carbocycles. The zero-order valence-corrected chi connectivity index (χ0v) is 11.2. The molecule has 0 spiro atoms. The summed E-state index contributed by atoms with van der Waals surface area (Å²) in [5.41, 5.74) is 1.15. The van der Waals surface area contributed by atoms with Gasteiger partial charge < -0.3 is 15.4 Å². The van der Waals surface area contributed by atoms with Gasteiger partial charge in [0.05, 0.1) is 7.11 Å². The number of carbonyl (C=O) groups is 1. The lowest BCUT2D eigenvalue weighted by atomic mass is 10.1. The number of carbonyl (C=O) groups excluding carboxylic acids is 1. The molecule has 18 heavy (non-hydrogen) atoms. The van der Waals surface area contributed by atoms with Crippen molar-refractivity contribution < 1.29 is 9.53 Å². The van der Waals surface area contributed by atoms with Crippen LogP contribution in [0.3, 0.4) is 0 Å². The van der Waals surface area contributed by atoms with Gasteiger partial charge >= 0.3 is 0 Å². The molecule has 0 fully saturated rings. The van der Waals surface area contributed by atoms with E-state index >= 15 is 0 Å². The lowest BCUT2D eigenvalue weighted by Gasteiger charge is -2.06. The second kappa shape index (κ2) is 8.53. The SMILES string of the molecule is CCNCCNC(=O)CCc1ccc(OC)cc1. The van der Waals surface area contributed by atoms with Crippen molar-refractivity contribution in [1.29, 1.82) is 0 Å². The average Bonchev–Trinajstić information content (AvgIpc) is 2.42. The number of methoxy groups -OCH3 is 1. The Balaban J connectivity index is 2.20. The van der Waals surface area contributed by atoms with Gasteiger partial charge in [0.2, 0.25) is 5.91 Å². The van der Waals surface area contributed by atoms with Crippen molar-refractivity contribution in [1.82, 2.24) is 10.6 Å². The first kappa shape index (κ1) is 14.5. The first-order valence-corrected chi connectivity index (χ1v) is 6.36. The van der Waals surface area contributed by atoms with Gasteiger partial charge in [-0.25, -0.2) is 0 Å². The van der Waals surface area contributed by atoms with Crippen LogP contribution in [-0.4, -0.2) is 32.7 Å². The number of nitrogens with one attached hydrogen (secondary N) is 2. The molecule has 0 bridgehead atoms. The van der Waals surface area contributed by atoms with Crippen LogP contribution in [0.25, 0.3) is 0 Å². The van der Waals surface area contributed by atoms with E-state index in [1.807, 2.05) is 31.2 Å². The van der Waals surface area contributed by atoms with E-state index < -0.39 is 0 Å². The summed E-state index contributed by atoms with van der Waals surface area (Å²) in [6.07, 6.45) is 1.29. The molecule has 4 nitrogen and oxygen atoms in total. The molecule has 1 aromatic carbocycles. The van der Waals surface area contributed by atoms with Crippen LogP contribution in [0, 0.1) is 0 Å². The molecule has 0 aromatic heterocycles. The molecule has 1 aromatic rings. The van der Waals surface area contributed by atoms with Crippen molar-refractivity contribution in [2.24, 2.45) is 0 Å². The summed E-state index contributed by atoms with van der Waals surface area (Å²) in [7, 11) is 1.65. The highest BCUT2D eigenvalue weighted by Gasteiger charge is 2.01. The van der Waals surface area contributed by atoms with Crippen molar-refractivity contribution in [3.63, 3.8) is 0 Å². The number of hydrogen-bond acceptors (Lipinski definition) is 3. The highest BCUT2D eigenvalue weighted by atomic mass is 16.5. The molecule has 1 amide bonds. The van der Waals surface area contributed by atoms with Crippen molar-refractivity contribution in [2.75, 3.05) is 26.7 Å². The largest absolute Gasteiger partial charge is 0.497 e. The molecular weight excluding hydrogens is 228 g/mol. The smallest absolute Gasteiger partial charge is 0.220 e. The molecular formula is C14H22N2O2. The second-order valence-corrected chi connectivity index (χ2v) is 4.05. The van der Waals surface area contributed by atoms with Crippen LogP contribution in [0.15, 0.2) is 24.3 Å². The summed E-state index contributed by atoms with van der Waals surface area (Å²) < 4.78 is 5.08. The quantitative estimate of drug-likeness (QED) is 0.685. The Labute approximate surface area is 109 Å². The van der Waals surface area contributed by atoms with E-state index in [4.69, 9.17) is 4.74 Å². The number of aryl methyl sites for hydroxylation is 1. The lowest BCUT2D eigenvalue weighted by molar-refractivity contribution is -0.121. The Hall–Kier alpha value is -1.55. The fraction of sp³-hybridized carbons (Fsp3) is 0.500. The fourth-order valence-electron chi connectivity index (χ4n) is 1.61. The number of hydrogen-bond donors (Lipinski definition) is 2. The normalized spacial score (nSPS) is 10.1. The van der Waals surface area contributed by atoms with Gasteiger partial charge in [0.25, 0.3) is 0 Å². The Morgan fingerprint density at radius 1 is 1.22 bits per heavy atom. The van der Waals surface area contributed by atoms with Crippen LogP contribution in [0.1, 0.15) is 18.9 Å². The molecule has 100 valence electrons. The predicted molar refractivity (Wildman–Crippen MR) is 72.9 cm³/mol. The van der Waals surface area contributed by atoms with Crippen LogP contribution < -0.4 is 15.4 Å². The minimum absolute atomic E-state index is 0.101. The summed E-state index contributed by atoms with van der Waals surface area (Å²) in [6, 6.07) is 7.81. The maximum absolute atomic E-state index is 11.5. The van der Waals surface area contributed by atoms with Crippen molar-refractivity contribution in [3.05, 3.63) is 29.8 Å². The van der Waals surface area contributed by atoms with Crippen LogP contribution >= 0.6 is 0 Å². The number of amides is 1. The monoisotopic (exact) mass is 250 g/mol. The van der Waals surface area contributed by atoms with Crippen LogP contribution in [0.5, 0.6) is 5.75 Å². The summed E-state index contributed by atoms with van der Waals surface area (Å²) >= 11 is 0. The second-order valence-electron chi connectivity index (χ2n) is 4.05. The summed E-state index contributed by atoms with van der Waals surface area (Å²) in [5, 5.41) is 6.05. The molecule has 1 rings (SSSR count). The van der Waals surface area contributed by atoms with E-state index in [1.165, 1.54) is 0 Å². The standard InChI is InChI=1S/C14H22N2O2/c1-3-15-10-11-16-14(17)9-6-12-4-7-13(18-2)8-5-12/h4-5,7-8,15H,3,6,9-11H2,1-2H3,(H,16,17). The molecule has 0 aliphatic rings. The van der Waals surface area contributed by atoms with E-state index in [1.54, 1.807) is 7.11 Å². The van der Waals surface area contributed by atoms with Gasteiger partial charge in [0.15, 0.2) is 0 Å². The Morgan fingerprint density at radius 2 is 1.94 bits per heavy atom. The maximum atomic E-state index is 11.5. The minimum atomic E-state index is 0.101. The van der Waals surface area contributed by atoms with Crippen molar-refractivity contribution in [2.45, 2.75) is 19.8 Å². The average molecular weight is 250 g/mol. The van der Waals surface area contributed by atoms with Crippen molar-refractivity contribution in [3.8, 4) is 5.75 Å². The van der Waals surface area contributed by atoms with Crippen molar-refractivity contribution >= 4 is 5.91 Å². The van der Waals surface area contributed by atoms with Crippen LogP contribution in [-0.2, 0) is 11.2 Å². The Bertz CT molecular complexity index is 349. The maximum Gasteiger partial charge on any atom is 0.220 e. The fourth-order valence-corrected chi connectivity index (χ4v) is 1.61. The number of likely N-dealkylation sites (N-methyl/N-ethyl adjacent to an activating group) is 1. The Morgan fingerprint density at radius 3 is 2.56 bits per heavy atom. The van der Waals surface area contributed by atoms with Crippen LogP contribution in [0.4, 0.5) is 0 Å². The van der Waals surface area contributed by atoms with Gasteiger partial charge in [-0.05, 0) is 30.7 Å². The van der Waals surface area contributed by atoms with E-state index in [0.29, 0.717) is 13.0 Å². The van der Waals surface area contributed by atoms with E-state index in [0.717, 1.165) is 30.8 Å². The number of ether oxygens (including phenoxy) is 1. The first-order valence-electron chi connectivity index (χ1n) is 6.36. The molecule has 0 saturated heterocycles. The third-order valence-electron chi connectivity index (χ3n) is 2.67. The third-order valence-corrected chi connectivity index (χ3v) is 2.67. The van der Waals surface area contributed by atoms with Crippen LogP contribution in [0.2, 0.25) is 0 Å². The number of rotatable bonds is 8. The topological polar surface area (TPSA) is 50.4 Å². The van der Waals surface area contributed by atoms with Gasteiger partial charge in [0.1, 0.15) is 5.75 Å². The van der Waals surface area contributed by atoms with E-state index in [-0.39, 0.29) is 5.91 Å². The van der Waals surface area contributed by atoms with E-state index in [9.17, 15) is 4.79 Å². The Kier molecular flexibility index (Phi) is 6.87. The van der Waals surface area contributed by atoms with Gasteiger partial charge in [0, 0.05) is 19.5 Å². The van der Waals surface area contributed by atoms with Gasteiger partial charge in [-0.15, -0.1) is 0 Å². The minimum Gasteiger partial charge on any atom is -0.497 e. The first-order chi connectivity index (χ1) is 8.76. The third kappa shape index (κ3) is 5.68. The van der Waals surface area contributed by atoms with Gasteiger partial charge in [-0.3, -0.25) is 4.79 Å². The molecule has 0 atom stereocenters. The zero-order chi connectivity index (χ0) is 13.2. The predicted octanol–water partition coefficient (Wildman–Crippen LogP) is 1.35. The molecule has 0 aliphatic carbocycles. The summed E-state index contributed by atoms with van der Waals surface area (Å²) in [4.78, 5) is 11.5. The van der Waals surface area contributed by atoms with Gasteiger partial charge in [-0.1, -0.05) is 19.1 Å². The molecule has 2 N–H and O–H groups in total. The molecule has 0 aliphatic heterocycles. The lowest BCUT2D eigenvalue weighted by Crippen LogP contribution is -2.31. The summed E-state index contributed by atoms with van der Waals surface area (Å²) in [6.45, 7) is 4.49. The van der Waals surface area contributed by atoms with E-state index in [2.05, 4.69) is 10.6 Å². The summed E-state index contributed by atoms with van der Waals surface area (Å²) in [5.74, 6) is 0.942. The molecule has 4 heteroatoms. The highest BCUT2D eigenvalue weighted by Crippen LogP contribution is 2.12.